The fourth-order valence-electron chi connectivity index (χ4n) is 4.48. The maximum absolute atomic E-state index is 12.8. The zero-order valence-electron chi connectivity index (χ0n) is 15.2. The van der Waals surface area contributed by atoms with Crippen molar-refractivity contribution in [1.29, 1.82) is 0 Å². The van der Waals surface area contributed by atoms with Gasteiger partial charge in [0.2, 0.25) is 0 Å². The van der Waals surface area contributed by atoms with E-state index in [2.05, 4.69) is 40.1 Å². The molecule has 2 atom stereocenters. The maximum Gasteiger partial charge on any atom is 0.253 e. The predicted octanol–water partition coefficient (Wildman–Crippen LogP) is 2.91. The Morgan fingerprint density at radius 1 is 0.923 bits per heavy atom. The van der Waals surface area contributed by atoms with Gasteiger partial charge in [-0.3, -0.25) is 4.79 Å². The van der Waals surface area contributed by atoms with Crippen LogP contribution in [0.5, 0.6) is 0 Å². The van der Waals surface area contributed by atoms with Crippen molar-refractivity contribution in [3.63, 3.8) is 0 Å². The van der Waals surface area contributed by atoms with Crippen molar-refractivity contribution in [2.24, 2.45) is 11.8 Å². The molecule has 4 rings (SSSR count). The molecule has 2 aliphatic rings. The number of carbonyl (C=O) groups is 1. The molecular weight excluding hydrogens is 322 g/mol. The number of piperidine rings is 2. The molecule has 2 N–H and O–H groups in total. The van der Waals surface area contributed by atoms with Crippen LogP contribution in [0.2, 0.25) is 0 Å². The van der Waals surface area contributed by atoms with E-state index in [1.54, 1.807) is 0 Å². The van der Waals surface area contributed by atoms with Crippen LogP contribution in [0.15, 0.2) is 54.6 Å². The third-order valence-electron chi connectivity index (χ3n) is 5.66. The number of hydrogen-bond acceptors (Lipinski definition) is 3. The molecule has 2 aromatic rings. The van der Waals surface area contributed by atoms with E-state index in [4.69, 9.17) is 5.73 Å². The minimum Gasteiger partial charge on any atom is -0.399 e. The summed E-state index contributed by atoms with van der Waals surface area (Å²) in [5.74, 6) is 1.34. The van der Waals surface area contributed by atoms with E-state index < -0.39 is 0 Å². The van der Waals surface area contributed by atoms with Crippen molar-refractivity contribution in [3.05, 3.63) is 65.7 Å². The first kappa shape index (κ1) is 17.1. The van der Waals surface area contributed by atoms with Gasteiger partial charge in [-0.2, -0.15) is 0 Å². The Hall–Kier alpha value is -2.33. The van der Waals surface area contributed by atoms with Crippen molar-refractivity contribution in [2.75, 3.05) is 38.5 Å². The Bertz CT molecular complexity index is 730. The molecule has 0 aromatic heterocycles. The number of anilines is 1. The summed E-state index contributed by atoms with van der Waals surface area (Å²) < 4.78 is 0. The highest BCUT2D eigenvalue weighted by atomic mass is 16.2. The van der Waals surface area contributed by atoms with Gasteiger partial charge in [-0.1, -0.05) is 30.3 Å². The lowest BCUT2D eigenvalue weighted by atomic mass is 9.84. The van der Waals surface area contributed by atoms with Crippen LogP contribution in [-0.4, -0.2) is 48.4 Å². The Morgan fingerprint density at radius 3 is 2.23 bits per heavy atom. The van der Waals surface area contributed by atoms with Crippen LogP contribution in [0.3, 0.4) is 0 Å². The number of amides is 1. The highest BCUT2D eigenvalue weighted by molar-refractivity contribution is 5.94. The lowest BCUT2D eigenvalue weighted by molar-refractivity contribution is 0.0266. The van der Waals surface area contributed by atoms with E-state index >= 15 is 0 Å². The van der Waals surface area contributed by atoms with Crippen LogP contribution in [0.1, 0.15) is 22.3 Å². The fraction of sp³-hybridized carbons (Fsp3) is 0.409. The smallest absolute Gasteiger partial charge is 0.253 e. The summed E-state index contributed by atoms with van der Waals surface area (Å²) >= 11 is 0. The average molecular weight is 349 g/mol. The van der Waals surface area contributed by atoms with Gasteiger partial charge in [-0.15, -0.1) is 0 Å². The Balaban J connectivity index is 1.34. The number of nitrogen functional groups attached to an aromatic ring is 1. The first-order valence-corrected chi connectivity index (χ1v) is 9.58. The lowest BCUT2D eigenvalue weighted by Crippen LogP contribution is -2.54. The minimum atomic E-state index is 0.150. The van der Waals surface area contributed by atoms with E-state index in [9.17, 15) is 4.79 Å². The third-order valence-corrected chi connectivity index (χ3v) is 5.66. The van der Waals surface area contributed by atoms with Crippen LogP contribution in [0.25, 0.3) is 0 Å². The van der Waals surface area contributed by atoms with Crippen LogP contribution < -0.4 is 5.73 Å². The van der Waals surface area contributed by atoms with Crippen LogP contribution in [0, 0.1) is 11.8 Å². The molecule has 2 unspecified atom stereocenters. The monoisotopic (exact) mass is 349 g/mol. The van der Waals surface area contributed by atoms with Crippen LogP contribution in [0.4, 0.5) is 5.69 Å². The summed E-state index contributed by atoms with van der Waals surface area (Å²) in [6.07, 6.45) is 2.36. The molecule has 2 aromatic carbocycles. The molecule has 0 aliphatic carbocycles. The van der Waals surface area contributed by atoms with E-state index in [0.717, 1.165) is 44.7 Å². The number of likely N-dealkylation sites (tertiary alicyclic amines) is 2. The molecule has 2 fully saturated rings. The summed E-state index contributed by atoms with van der Waals surface area (Å²) in [5, 5.41) is 0. The number of rotatable bonds is 4. The van der Waals surface area contributed by atoms with Crippen molar-refractivity contribution in [1.82, 2.24) is 9.80 Å². The second-order valence-corrected chi connectivity index (χ2v) is 7.80. The molecule has 0 saturated carbocycles. The SMILES string of the molecule is Nc1ccc(C(=O)N2CC3CC(CN(CCc4ccccc4)C3)C2)cc1. The second kappa shape index (κ2) is 7.50. The van der Waals surface area contributed by atoms with Crippen LogP contribution >= 0.6 is 0 Å². The van der Waals surface area contributed by atoms with E-state index in [1.165, 1.54) is 12.0 Å². The average Bonchev–Trinajstić information content (AvgIpc) is 2.66. The Labute approximate surface area is 155 Å². The largest absolute Gasteiger partial charge is 0.399 e. The highest BCUT2D eigenvalue weighted by Gasteiger charge is 2.35. The quantitative estimate of drug-likeness (QED) is 0.864. The molecule has 4 heteroatoms. The molecule has 2 aliphatic heterocycles. The molecule has 136 valence electrons. The molecule has 4 nitrogen and oxygen atoms in total. The summed E-state index contributed by atoms with van der Waals surface area (Å²) in [4.78, 5) is 17.5. The van der Waals surface area contributed by atoms with Gasteiger partial charge in [0.1, 0.15) is 0 Å². The maximum atomic E-state index is 12.8. The molecule has 2 bridgehead atoms. The fourth-order valence-corrected chi connectivity index (χ4v) is 4.48. The first-order valence-electron chi connectivity index (χ1n) is 9.58. The first-order chi connectivity index (χ1) is 12.7. The van der Waals surface area contributed by atoms with Crippen molar-refractivity contribution in [3.8, 4) is 0 Å². The number of carbonyl (C=O) groups excluding carboxylic acids is 1. The van der Waals surface area contributed by atoms with Crippen molar-refractivity contribution in [2.45, 2.75) is 12.8 Å². The van der Waals surface area contributed by atoms with Crippen LogP contribution in [-0.2, 0) is 6.42 Å². The number of fused-ring (bicyclic) bond motifs is 2. The standard InChI is InChI=1S/C22H27N3O/c23-21-8-6-20(7-9-21)22(26)25-15-18-12-19(16-25)14-24(13-18)11-10-17-4-2-1-3-5-17/h1-9,18-19H,10-16,23H2. The number of nitrogens with zero attached hydrogens (tertiary/aromatic N) is 2. The van der Waals surface area contributed by atoms with Gasteiger partial charge in [0.15, 0.2) is 0 Å². The number of hydrogen-bond donors (Lipinski definition) is 1. The van der Waals surface area contributed by atoms with Gasteiger partial charge in [0.25, 0.3) is 5.91 Å². The zero-order valence-corrected chi connectivity index (χ0v) is 15.2. The van der Waals surface area contributed by atoms with E-state index in [1.807, 2.05) is 24.3 Å². The lowest BCUT2D eigenvalue weighted by Gasteiger charge is -2.46. The van der Waals surface area contributed by atoms with Gasteiger partial charge in [-0.05, 0) is 54.5 Å². The molecule has 26 heavy (non-hydrogen) atoms. The predicted molar refractivity (Wildman–Crippen MR) is 105 cm³/mol. The second-order valence-electron chi connectivity index (χ2n) is 7.80. The normalized spacial score (nSPS) is 23.0. The van der Waals surface area contributed by atoms with Crippen molar-refractivity contribution >= 4 is 11.6 Å². The molecule has 2 saturated heterocycles. The van der Waals surface area contributed by atoms with Gasteiger partial charge in [-0.25, -0.2) is 0 Å². The Kier molecular flexibility index (Phi) is 4.93. The van der Waals surface area contributed by atoms with Gasteiger partial charge in [0.05, 0.1) is 0 Å². The molecular formula is C22H27N3O. The molecule has 0 spiro atoms. The van der Waals surface area contributed by atoms with Gasteiger partial charge in [0, 0.05) is 44.0 Å². The summed E-state index contributed by atoms with van der Waals surface area (Å²) in [6, 6.07) is 18.0. The molecule has 1 amide bonds. The number of nitrogens with two attached hydrogens (primary N) is 1. The number of benzene rings is 2. The Morgan fingerprint density at radius 2 is 1.58 bits per heavy atom. The van der Waals surface area contributed by atoms with Crippen molar-refractivity contribution < 1.29 is 4.79 Å². The third kappa shape index (κ3) is 3.91. The summed E-state index contributed by atoms with van der Waals surface area (Å²) in [5.41, 5.74) is 8.59. The van der Waals surface area contributed by atoms with Gasteiger partial charge >= 0.3 is 0 Å². The molecule has 0 radical (unpaired) electrons. The van der Waals surface area contributed by atoms with Gasteiger partial charge < -0.3 is 15.5 Å². The zero-order chi connectivity index (χ0) is 17.9. The highest BCUT2D eigenvalue weighted by Crippen LogP contribution is 2.29. The van der Waals surface area contributed by atoms with E-state index in [-0.39, 0.29) is 5.91 Å². The van der Waals surface area contributed by atoms with E-state index in [0.29, 0.717) is 17.5 Å². The minimum absolute atomic E-state index is 0.150. The summed E-state index contributed by atoms with van der Waals surface area (Å²) in [6.45, 7) is 5.08. The topological polar surface area (TPSA) is 49.6 Å². The summed E-state index contributed by atoms with van der Waals surface area (Å²) in [7, 11) is 0. The molecule has 2 heterocycles.